The lowest BCUT2D eigenvalue weighted by Crippen LogP contribution is -2.32. The second kappa shape index (κ2) is 8.07. The Morgan fingerprint density at radius 1 is 1.12 bits per heavy atom. The van der Waals surface area contributed by atoms with Crippen LogP contribution in [0.5, 0.6) is 0 Å². The van der Waals surface area contributed by atoms with Gasteiger partial charge in [0.15, 0.2) is 9.84 Å². The van der Waals surface area contributed by atoms with E-state index in [1.165, 1.54) is 0 Å². The highest BCUT2D eigenvalue weighted by Gasteiger charge is 2.21. The van der Waals surface area contributed by atoms with Gasteiger partial charge in [-0.3, -0.25) is 0 Å². The van der Waals surface area contributed by atoms with Crippen LogP contribution in [-0.4, -0.2) is 32.0 Å². The summed E-state index contributed by atoms with van der Waals surface area (Å²) in [5.41, 5.74) is 0. The summed E-state index contributed by atoms with van der Waals surface area (Å²) in [6.45, 7) is 8.89. The minimum Gasteiger partial charge on any atom is -0.314 e. The van der Waals surface area contributed by atoms with Gasteiger partial charge in [-0.2, -0.15) is 0 Å². The van der Waals surface area contributed by atoms with Crippen LogP contribution in [-0.2, 0) is 9.84 Å². The molecule has 0 heterocycles. The number of hydrogen-bond acceptors (Lipinski definition) is 3. The fraction of sp³-hybridized carbons (Fsp3) is 1.00. The first-order valence-electron chi connectivity index (χ1n) is 6.39. The highest BCUT2D eigenvalue weighted by Crippen LogP contribution is 2.11. The molecule has 0 rings (SSSR count). The molecule has 0 aliphatic carbocycles. The van der Waals surface area contributed by atoms with Gasteiger partial charge in [0.25, 0.3) is 0 Å². The fourth-order valence-corrected chi connectivity index (χ4v) is 3.42. The van der Waals surface area contributed by atoms with E-state index < -0.39 is 9.84 Å². The van der Waals surface area contributed by atoms with Gasteiger partial charge in [-0.25, -0.2) is 8.42 Å². The van der Waals surface area contributed by atoms with Crippen molar-refractivity contribution < 1.29 is 8.42 Å². The predicted molar refractivity (Wildman–Crippen MR) is 70.5 cm³/mol. The third-order valence-corrected chi connectivity index (χ3v) is 5.16. The summed E-state index contributed by atoms with van der Waals surface area (Å²) in [5.74, 6) is 0.348. The van der Waals surface area contributed by atoms with Crippen LogP contribution < -0.4 is 5.32 Å². The van der Waals surface area contributed by atoms with Gasteiger partial charge >= 0.3 is 0 Å². The molecule has 16 heavy (non-hydrogen) atoms. The fourth-order valence-electron chi connectivity index (χ4n) is 1.83. The van der Waals surface area contributed by atoms with E-state index in [2.05, 4.69) is 12.2 Å². The minimum atomic E-state index is -2.89. The molecule has 0 aromatic heterocycles. The van der Waals surface area contributed by atoms with Gasteiger partial charge in [0, 0.05) is 6.04 Å². The molecule has 0 aliphatic heterocycles. The maximum atomic E-state index is 11.9. The Kier molecular flexibility index (Phi) is 8.02. The quantitative estimate of drug-likeness (QED) is 0.638. The van der Waals surface area contributed by atoms with E-state index in [0.717, 1.165) is 25.8 Å². The average molecular weight is 249 g/mol. The smallest absolute Gasteiger partial charge is 0.152 e. The lowest BCUT2D eigenvalue weighted by molar-refractivity contribution is 0.508. The van der Waals surface area contributed by atoms with E-state index in [1.54, 1.807) is 0 Å². The van der Waals surface area contributed by atoms with Crippen molar-refractivity contribution in [3.63, 3.8) is 0 Å². The summed E-state index contributed by atoms with van der Waals surface area (Å²) in [6.07, 6.45) is 3.59. The molecule has 1 N–H and O–H groups in total. The van der Waals surface area contributed by atoms with E-state index in [4.69, 9.17) is 0 Å². The van der Waals surface area contributed by atoms with Crippen molar-refractivity contribution in [1.29, 1.82) is 0 Å². The number of nitrogens with one attached hydrogen (secondary N) is 1. The molecule has 4 heteroatoms. The zero-order valence-corrected chi connectivity index (χ0v) is 11.9. The molecule has 0 aliphatic rings. The van der Waals surface area contributed by atoms with Crippen molar-refractivity contribution in [2.75, 3.05) is 12.3 Å². The van der Waals surface area contributed by atoms with Crippen LogP contribution in [0.2, 0.25) is 0 Å². The van der Waals surface area contributed by atoms with Crippen molar-refractivity contribution in [3.8, 4) is 0 Å². The largest absolute Gasteiger partial charge is 0.314 e. The average Bonchev–Trinajstić information content (AvgIpc) is 2.18. The van der Waals surface area contributed by atoms with Crippen molar-refractivity contribution >= 4 is 9.84 Å². The summed E-state index contributed by atoms with van der Waals surface area (Å²) in [4.78, 5) is 0. The van der Waals surface area contributed by atoms with E-state index in [-0.39, 0.29) is 11.3 Å². The van der Waals surface area contributed by atoms with Gasteiger partial charge < -0.3 is 5.32 Å². The standard InChI is InChI=1S/C12H27NO2S/c1-5-7-8-9-16(14,15)12(4)10-11(3)13-6-2/h11-13H,5-10H2,1-4H3. The van der Waals surface area contributed by atoms with E-state index in [1.807, 2.05) is 20.8 Å². The Morgan fingerprint density at radius 3 is 2.25 bits per heavy atom. The lowest BCUT2D eigenvalue weighted by Gasteiger charge is -2.18. The van der Waals surface area contributed by atoms with Crippen LogP contribution in [0.25, 0.3) is 0 Å². The molecule has 0 fully saturated rings. The zero-order valence-electron chi connectivity index (χ0n) is 11.1. The Bertz CT molecular complexity index is 262. The Labute approximate surface area is 101 Å². The highest BCUT2D eigenvalue weighted by molar-refractivity contribution is 7.92. The van der Waals surface area contributed by atoms with Gasteiger partial charge in [0.05, 0.1) is 11.0 Å². The molecule has 2 unspecified atom stereocenters. The second-order valence-electron chi connectivity index (χ2n) is 4.58. The summed E-state index contributed by atoms with van der Waals surface area (Å²) >= 11 is 0. The van der Waals surface area contributed by atoms with Crippen LogP contribution >= 0.6 is 0 Å². The molecule has 0 radical (unpaired) electrons. The molecule has 98 valence electrons. The Morgan fingerprint density at radius 2 is 1.75 bits per heavy atom. The molecular weight excluding hydrogens is 222 g/mol. The summed E-state index contributed by atoms with van der Waals surface area (Å²) in [7, 11) is -2.89. The normalized spacial score (nSPS) is 16.0. The predicted octanol–water partition coefficient (Wildman–Crippen LogP) is 2.37. The Balaban J connectivity index is 4.08. The third kappa shape index (κ3) is 6.48. The van der Waals surface area contributed by atoms with Crippen LogP contribution in [0.15, 0.2) is 0 Å². The number of sulfone groups is 1. The number of unbranched alkanes of at least 4 members (excludes halogenated alkanes) is 2. The summed E-state index contributed by atoms with van der Waals surface area (Å²) < 4.78 is 23.8. The van der Waals surface area contributed by atoms with Crippen LogP contribution in [0.1, 0.15) is 53.4 Å². The molecule has 0 bridgehead atoms. The van der Waals surface area contributed by atoms with E-state index in [0.29, 0.717) is 12.2 Å². The molecule has 2 atom stereocenters. The first kappa shape index (κ1) is 15.9. The van der Waals surface area contributed by atoms with Gasteiger partial charge in [-0.1, -0.05) is 26.7 Å². The molecule has 0 saturated carbocycles. The Hall–Kier alpha value is -0.0900. The summed E-state index contributed by atoms with van der Waals surface area (Å²) in [5, 5.41) is 3.03. The van der Waals surface area contributed by atoms with Crippen LogP contribution in [0, 0.1) is 0 Å². The van der Waals surface area contributed by atoms with Crippen molar-refractivity contribution in [2.45, 2.75) is 64.7 Å². The molecule has 0 saturated heterocycles. The van der Waals surface area contributed by atoms with Gasteiger partial charge in [-0.15, -0.1) is 0 Å². The number of hydrogen-bond donors (Lipinski definition) is 1. The minimum absolute atomic E-state index is 0.224. The molecule has 0 aromatic carbocycles. The topological polar surface area (TPSA) is 46.2 Å². The molecule has 3 nitrogen and oxygen atoms in total. The van der Waals surface area contributed by atoms with Gasteiger partial charge in [0.2, 0.25) is 0 Å². The zero-order chi connectivity index (χ0) is 12.6. The van der Waals surface area contributed by atoms with Crippen molar-refractivity contribution in [3.05, 3.63) is 0 Å². The van der Waals surface area contributed by atoms with Gasteiger partial charge in [0.1, 0.15) is 0 Å². The van der Waals surface area contributed by atoms with Gasteiger partial charge in [-0.05, 0) is 33.2 Å². The molecular formula is C12H27NO2S. The lowest BCUT2D eigenvalue weighted by atomic mass is 10.2. The second-order valence-corrected chi connectivity index (χ2v) is 7.12. The maximum absolute atomic E-state index is 11.9. The SMILES string of the molecule is CCCCCS(=O)(=O)C(C)CC(C)NCC. The van der Waals surface area contributed by atoms with Crippen LogP contribution in [0.3, 0.4) is 0 Å². The molecule has 0 aromatic rings. The third-order valence-electron chi connectivity index (χ3n) is 2.88. The van der Waals surface area contributed by atoms with Crippen molar-refractivity contribution in [2.24, 2.45) is 0 Å². The number of rotatable bonds is 9. The summed E-state index contributed by atoms with van der Waals surface area (Å²) in [6, 6.07) is 0.279. The van der Waals surface area contributed by atoms with Crippen LogP contribution in [0.4, 0.5) is 0 Å². The van der Waals surface area contributed by atoms with E-state index in [9.17, 15) is 8.42 Å². The highest BCUT2D eigenvalue weighted by atomic mass is 32.2. The maximum Gasteiger partial charge on any atom is 0.152 e. The molecule has 0 amide bonds. The first-order valence-corrected chi connectivity index (χ1v) is 8.10. The molecule has 0 spiro atoms. The van der Waals surface area contributed by atoms with E-state index >= 15 is 0 Å². The first-order chi connectivity index (χ1) is 7.44. The van der Waals surface area contributed by atoms with Crippen molar-refractivity contribution in [1.82, 2.24) is 5.32 Å². The monoisotopic (exact) mass is 249 g/mol.